The number of thioether (sulfide) groups is 1. The van der Waals surface area contributed by atoms with E-state index in [-0.39, 0.29) is 23.8 Å². The molecule has 0 aliphatic rings. The van der Waals surface area contributed by atoms with Crippen LogP contribution in [0.3, 0.4) is 0 Å². The van der Waals surface area contributed by atoms with Crippen molar-refractivity contribution in [3.8, 4) is 5.69 Å². The Morgan fingerprint density at radius 1 is 1.41 bits per heavy atom. The van der Waals surface area contributed by atoms with Crippen molar-refractivity contribution in [1.82, 2.24) is 9.55 Å². The fourth-order valence-electron chi connectivity index (χ4n) is 2.68. The molecule has 0 aliphatic carbocycles. The van der Waals surface area contributed by atoms with E-state index in [9.17, 15) is 14.0 Å². The number of nitrogens with zero attached hydrogens (tertiary/aromatic N) is 2. The van der Waals surface area contributed by atoms with E-state index in [1.54, 1.807) is 13.0 Å². The Kier molecular flexibility index (Phi) is 5.96. The number of esters is 1. The summed E-state index contributed by atoms with van der Waals surface area (Å²) in [5.41, 5.74) is 1.03. The van der Waals surface area contributed by atoms with Crippen LogP contribution in [-0.2, 0) is 9.53 Å². The monoisotopic (exact) mass is 406 g/mol. The molecule has 0 N–H and O–H groups in total. The summed E-state index contributed by atoms with van der Waals surface area (Å²) in [6.07, 6.45) is 0. The van der Waals surface area contributed by atoms with E-state index < -0.39 is 11.8 Å². The summed E-state index contributed by atoms with van der Waals surface area (Å²) in [6.45, 7) is 6.04. The van der Waals surface area contributed by atoms with Gasteiger partial charge in [0.15, 0.2) is 5.16 Å². The molecule has 27 heavy (non-hydrogen) atoms. The van der Waals surface area contributed by atoms with Crippen LogP contribution in [0.25, 0.3) is 15.9 Å². The van der Waals surface area contributed by atoms with Crippen LogP contribution in [0.1, 0.15) is 32.3 Å². The van der Waals surface area contributed by atoms with E-state index in [0.29, 0.717) is 21.1 Å². The van der Waals surface area contributed by atoms with E-state index >= 15 is 0 Å². The normalized spacial score (nSPS) is 11.3. The van der Waals surface area contributed by atoms with Gasteiger partial charge in [0.1, 0.15) is 10.6 Å². The van der Waals surface area contributed by atoms with Crippen molar-refractivity contribution in [2.24, 2.45) is 0 Å². The molecule has 0 atom stereocenters. The number of benzene rings is 1. The number of ether oxygens (including phenoxy) is 1. The smallest absolute Gasteiger partial charge is 0.316 e. The van der Waals surface area contributed by atoms with Gasteiger partial charge in [-0.05, 0) is 42.0 Å². The highest BCUT2D eigenvalue weighted by molar-refractivity contribution is 7.99. The lowest BCUT2D eigenvalue weighted by atomic mass is 10.0. The van der Waals surface area contributed by atoms with Crippen molar-refractivity contribution in [3.63, 3.8) is 0 Å². The molecule has 0 saturated carbocycles. The Morgan fingerprint density at radius 2 is 2.19 bits per heavy atom. The molecule has 0 amide bonds. The van der Waals surface area contributed by atoms with Crippen molar-refractivity contribution in [2.75, 3.05) is 12.4 Å². The number of hydrogen-bond donors (Lipinski definition) is 0. The second-order valence-electron chi connectivity index (χ2n) is 6.13. The number of aromatic nitrogens is 2. The summed E-state index contributed by atoms with van der Waals surface area (Å²) in [5.74, 6) is -0.664. The Hall–Kier alpha value is -2.19. The Labute approximate surface area is 164 Å². The molecular weight excluding hydrogens is 387 g/mol. The van der Waals surface area contributed by atoms with Gasteiger partial charge in [0.25, 0.3) is 5.56 Å². The van der Waals surface area contributed by atoms with Crippen LogP contribution >= 0.6 is 23.1 Å². The summed E-state index contributed by atoms with van der Waals surface area (Å²) >= 11 is 2.50. The van der Waals surface area contributed by atoms with Crippen LogP contribution in [0.5, 0.6) is 0 Å². The molecule has 142 valence electrons. The van der Waals surface area contributed by atoms with Crippen LogP contribution in [0.15, 0.2) is 39.6 Å². The minimum Gasteiger partial charge on any atom is -0.465 e. The largest absolute Gasteiger partial charge is 0.465 e. The van der Waals surface area contributed by atoms with Gasteiger partial charge in [0, 0.05) is 0 Å². The first-order chi connectivity index (χ1) is 12.9. The number of carbonyl (C=O) groups is 1. The number of halogens is 1. The third-order valence-corrected chi connectivity index (χ3v) is 5.72. The van der Waals surface area contributed by atoms with Crippen LogP contribution in [0.2, 0.25) is 0 Å². The van der Waals surface area contributed by atoms with Gasteiger partial charge < -0.3 is 4.74 Å². The van der Waals surface area contributed by atoms with Crippen molar-refractivity contribution < 1.29 is 13.9 Å². The predicted molar refractivity (Wildman–Crippen MR) is 107 cm³/mol. The zero-order valence-electron chi connectivity index (χ0n) is 15.2. The Balaban J connectivity index is 2.19. The molecule has 8 heteroatoms. The predicted octanol–water partition coefficient (Wildman–Crippen LogP) is 4.36. The first-order valence-corrected chi connectivity index (χ1v) is 10.4. The minimum atomic E-state index is -0.449. The number of thiophene rings is 1. The SMILES string of the molecule is CCOC(=O)CSc1nc2scc(C(C)C)c2c(=O)n1-c1cccc(F)c1. The zero-order valence-corrected chi connectivity index (χ0v) is 16.8. The summed E-state index contributed by atoms with van der Waals surface area (Å²) < 4.78 is 20.1. The number of carbonyl (C=O) groups excluding carboxylic acids is 1. The first kappa shape index (κ1) is 19.6. The summed E-state index contributed by atoms with van der Waals surface area (Å²) in [6, 6.07) is 5.78. The highest BCUT2D eigenvalue weighted by Crippen LogP contribution is 2.30. The third kappa shape index (κ3) is 4.06. The van der Waals surface area contributed by atoms with Gasteiger partial charge in [-0.25, -0.2) is 9.37 Å². The highest BCUT2D eigenvalue weighted by Gasteiger charge is 2.20. The quantitative estimate of drug-likeness (QED) is 0.346. The maximum atomic E-state index is 13.8. The lowest BCUT2D eigenvalue weighted by molar-refractivity contribution is -0.139. The fourth-order valence-corrected chi connectivity index (χ4v) is 4.64. The van der Waals surface area contributed by atoms with Gasteiger partial charge in [0.05, 0.1) is 23.4 Å². The molecule has 0 radical (unpaired) electrons. The van der Waals surface area contributed by atoms with Crippen LogP contribution < -0.4 is 5.56 Å². The maximum Gasteiger partial charge on any atom is 0.316 e. The molecule has 1 aromatic carbocycles. The van der Waals surface area contributed by atoms with Crippen molar-refractivity contribution in [3.05, 3.63) is 51.4 Å². The van der Waals surface area contributed by atoms with Gasteiger partial charge in [-0.15, -0.1) is 11.3 Å². The van der Waals surface area contributed by atoms with E-state index in [2.05, 4.69) is 4.98 Å². The summed E-state index contributed by atoms with van der Waals surface area (Å²) in [7, 11) is 0. The summed E-state index contributed by atoms with van der Waals surface area (Å²) in [5, 5.41) is 2.81. The van der Waals surface area contributed by atoms with Crippen LogP contribution in [-0.4, -0.2) is 27.9 Å². The highest BCUT2D eigenvalue weighted by atomic mass is 32.2. The average Bonchev–Trinajstić information content (AvgIpc) is 3.05. The topological polar surface area (TPSA) is 61.2 Å². The molecular formula is C19H19FN2O3S2. The fraction of sp³-hybridized carbons (Fsp3) is 0.316. The van der Waals surface area contributed by atoms with Gasteiger partial charge in [-0.2, -0.15) is 0 Å². The average molecular weight is 407 g/mol. The van der Waals surface area contributed by atoms with Gasteiger partial charge in [-0.3, -0.25) is 14.2 Å². The molecule has 5 nitrogen and oxygen atoms in total. The maximum absolute atomic E-state index is 13.8. The molecule has 2 heterocycles. The molecule has 0 fully saturated rings. The zero-order chi connectivity index (χ0) is 19.6. The van der Waals surface area contributed by atoms with Gasteiger partial charge >= 0.3 is 5.97 Å². The van der Waals surface area contributed by atoms with Crippen LogP contribution in [0.4, 0.5) is 4.39 Å². The molecule has 0 saturated heterocycles. The lowest BCUT2D eigenvalue weighted by Crippen LogP contribution is -2.22. The lowest BCUT2D eigenvalue weighted by Gasteiger charge is -2.13. The van der Waals surface area contributed by atoms with Gasteiger partial charge in [-0.1, -0.05) is 31.7 Å². The standard InChI is InChI=1S/C19H19FN2O3S2/c1-4-25-15(23)10-27-19-21-17-16(14(9-26-17)11(2)3)18(24)22(19)13-7-5-6-12(20)8-13/h5-9,11H,4,10H2,1-3H3. The number of hydrogen-bond acceptors (Lipinski definition) is 6. The summed E-state index contributed by atoms with van der Waals surface area (Å²) in [4.78, 5) is 30.2. The van der Waals surface area contributed by atoms with E-state index in [0.717, 1.165) is 17.3 Å². The van der Waals surface area contributed by atoms with Crippen molar-refractivity contribution >= 4 is 39.3 Å². The molecule has 3 rings (SSSR count). The molecule has 0 bridgehead atoms. The first-order valence-electron chi connectivity index (χ1n) is 8.50. The van der Waals surface area contributed by atoms with E-state index in [1.165, 1.54) is 34.1 Å². The molecule has 2 aromatic heterocycles. The van der Waals surface area contributed by atoms with E-state index in [4.69, 9.17) is 4.74 Å². The molecule has 0 unspecified atom stereocenters. The van der Waals surface area contributed by atoms with Crippen molar-refractivity contribution in [1.29, 1.82) is 0 Å². The second kappa shape index (κ2) is 8.22. The second-order valence-corrected chi connectivity index (χ2v) is 7.94. The van der Waals surface area contributed by atoms with Crippen LogP contribution in [0, 0.1) is 5.82 Å². The van der Waals surface area contributed by atoms with E-state index in [1.807, 2.05) is 19.2 Å². The minimum absolute atomic E-state index is 0.0174. The third-order valence-electron chi connectivity index (χ3n) is 3.92. The Morgan fingerprint density at radius 3 is 2.85 bits per heavy atom. The van der Waals surface area contributed by atoms with Gasteiger partial charge in [0.2, 0.25) is 0 Å². The molecule has 3 aromatic rings. The Bertz CT molecular complexity index is 1040. The molecule has 0 spiro atoms. The number of fused-ring (bicyclic) bond motifs is 1. The molecule has 0 aliphatic heterocycles. The number of rotatable bonds is 6. The van der Waals surface area contributed by atoms with Crippen molar-refractivity contribution in [2.45, 2.75) is 31.8 Å².